The molecule has 0 aliphatic carbocycles. The molecule has 3 nitrogen and oxygen atoms in total. The van der Waals surface area contributed by atoms with Crippen LogP contribution in [0.1, 0.15) is 12.8 Å². The highest BCUT2D eigenvalue weighted by Gasteiger charge is 2.43. The molecule has 2 rings (SSSR count). The predicted molar refractivity (Wildman–Crippen MR) is 60.8 cm³/mol. The van der Waals surface area contributed by atoms with Gasteiger partial charge in [0.15, 0.2) is 0 Å². The van der Waals surface area contributed by atoms with Crippen LogP contribution in [0.25, 0.3) is 0 Å². The van der Waals surface area contributed by atoms with E-state index in [1.807, 2.05) is 0 Å². The first-order chi connectivity index (χ1) is 6.24. The Hall–Kier alpha value is 0.610. The van der Waals surface area contributed by atoms with Crippen LogP contribution in [-0.2, 0) is 0 Å². The summed E-state index contributed by atoms with van der Waals surface area (Å²) in [5.41, 5.74) is 0.622. The van der Waals surface area contributed by atoms with Gasteiger partial charge in [-0.3, -0.25) is 4.90 Å². The van der Waals surface area contributed by atoms with Gasteiger partial charge in [-0.25, -0.2) is 3.11 Å². The van der Waals surface area contributed by atoms with E-state index >= 15 is 0 Å². The summed E-state index contributed by atoms with van der Waals surface area (Å²) in [6, 6.07) is 0. The van der Waals surface area contributed by atoms with Crippen LogP contribution in [0, 0.1) is 5.41 Å². The van der Waals surface area contributed by atoms with E-state index in [-0.39, 0.29) is 0 Å². The summed E-state index contributed by atoms with van der Waals surface area (Å²) in [6.45, 7) is 6.11. The third-order valence-corrected chi connectivity index (χ3v) is 4.27. The first-order valence-corrected chi connectivity index (χ1v) is 5.95. The summed E-state index contributed by atoms with van der Waals surface area (Å²) >= 11 is 2.42. The van der Waals surface area contributed by atoms with E-state index in [1.165, 1.54) is 39.0 Å². The second-order valence-corrected chi connectivity index (χ2v) is 5.71. The number of hydrogen-bond donors (Lipinski definition) is 1. The van der Waals surface area contributed by atoms with E-state index in [2.05, 4.69) is 30.9 Å². The average molecular weight is 296 g/mol. The molecule has 0 aromatic carbocycles. The van der Waals surface area contributed by atoms with Crippen LogP contribution in [0.5, 0.6) is 0 Å². The van der Waals surface area contributed by atoms with E-state index in [4.69, 9.17) is 5.11 Å². The molecule has 0 atom stereocenters. The zero-order chi connectivity index (χ0) is 9.31. The molecule has 76 valence electrons. The van der Waals surface area contributed by atoms with Crippen molar-refractivity contribution in [2.24, 2.45) is 5.41 Å². The van der Waals surface area contributed by atoms with E-state index in [1.54, 1.807) is 0 Å². The van der Waals surface area contributed by atoms with Crippen LogP contribution in [0.2, 0.25) is 0 Å². The maximum atomic E-state index is 8.78. The standard InChI is InChI=1S/C9H17IN2O/c10-12-3-1-9(2-4-12)7-11(8-9)5-6-13/h13H,1-8H2. The molecule has 0 aromatic heterocycles. The number of β-amino-alcohol motifs (C(OH)–C–C–N with tert-alkyl or cyclic N) is 1. The summed E-state index contributed by atoms with van der Waals surface area (Å²) < 4.78 is 2.39. The molecule has 0 aromatic rings. The van der Waals surface area contributed by atoms with Crippen molar-refractivity contribution in [1.82, 2.24) is 8.01 Å². The van der Waals surface area contributed by atoms with Gasteiger partial charge in [0.1, 0.15) is 0 Å². The van der Waals surface area contributed by atoms with Crippen molar-refractivity contribution in [2.75, 3.05) is 39.3 Å². The molecule has 2 saturated heterocycles. The third kappa shape index (κ3) is 2.16. The number of rotatable bonds is 2. The molecule has 0 bridgehead atoms. The van der Waals surface area contributed by atoms with Crippen molar-refractivity contribution >= 4 is 22.9 Å². The maximum absolute atomic E-state index is 8.78. The molecule has 0 radical (unpaired) electrons. The molecule has 2 aliphatic heterocycles. The maximum Gasteiger partial charge on any atom is 0.0558 e. The molecule has 0 unspecified atom stereocenters. The number of halogens is 1. The smallest absolute Gasteiger partial charge is 0.0558 e. The molecule has 4 heteroatoms. The van der Waals surface area contributed by atoms with Crippen molar-refractivity contribution in [3.05, 3.63) is 0 Å². The Morgan fingerprint density at radius 2 is 1.85 bits per heavy atom. The van der Waals surface area contributed by atoms with Gasteiger partial charge in [0.2, 0.25) is 0 Å². The van der Waals surface area contributed by atoms with Gasteiger partial charge in [-0.15, -0.1) is 0 Å². The highest BCUT2D eigenvalue weighted by atomic mass is 127. The topological polar surface area (TPSA) is 26.7 Å². The van der Waals surface area contributed by atoms with E-state index in [0.29, 0.717) is 12.0 Å². The van der Waals surface area contributed by atoms with Crippen LogP contribution in [0.3, 0.4) is 0 Å². The largest absolute Gasteiger partial charge is 0.395 e. The molecular weight excluding hydrogens is 279 g/mol. The van der Waals surface area contributed by atoms with Gasteiger partial charge in [0.25, 0.3) is 0 Å². The lowest BCUT2D eigenvalue weighted by molar-refractivity contribution is -0.0377. The Labute approximate surface area is 93.6 Å². The number of aliphatic hydroxyl groups is 1. The third-order valence-electron chi connectivity index (χ3n) is 3.30. The Kier molecular flexibility index (Phi) is 3.12. The fraction of sp³-hybridized carbons (Fsp3) is 1.00. The number of likely N-dealkylation sites (tertiary alicyclic amines) is 1. The first-order valence-electron chi connectivity index (χ1n) is 4.98. The number of piperidine rings is 1. The second-order valence-electron chi connectivity index (χ2n) is 4.34. The Balaban J connectivity index is 1.76. The quantitative estimate of drug-likeness (QED) is 0.601. The lowest BCUT2D eigenvalue weighted by atomic mass is 9.72. The second kappa shape index (κ2) is 4.00. The highest BCUT2D eigenvalue weighted by Crippen LogP contribution is 2.40. The van der Waals surface area contributed by atoms with Gasteiger partial charge < -0.3 is 5.11 Å². The molecule has 1 N–H and O–H groups in total. The molecule has 0 saturated carbocycles. The minimum atomic E-state index is 0.314. The summed E-state index contributed by atoms with van der Waals surface area (Å²) in [5.74, 6) is 0. The van der Waals surface area contributed by atoms with E-state index in [9.17, 15) is 0 Å². The molecule has 13 heavy (non-hydrogen) atoms. The van der Waals surface area contributed by atoms with Gasteiger partial charge in [0.05, 0.1) is 6.61 Å². The lowest BCUT2D eigenvalue weighted by Crippen LogP contribution is -2.59. The SMILES string of the molecule is OCCN1CC2(CCN(I)CC2)C1. The molecule has 2 heterocycles. The van der Waals surface area contributed by atoms with Crippen LogP contribution in [0.4, 0.5) is 0 Å². The molecule has 2 fully saturated rings. The van der Waals surface area contributed by atoms with E-state index < -0.39 is 0 Å². The van der Waals surface area contributed by atoms with Gasteiger partial charge >= 0.3 is 0 Å². The molecule has 0 amide bonds. The van der Waals surface area contributed by atoms with Crippen LogP contribution >= 0.6 is 22.9 Å². The summed E-state index contributed by atoms with van der Waals surface area (Å²) in [5, 5.41) is 8.78. The fourth-order valence-corrected chi connectivity index (χ4v) is 2.95. The first kappa shape index (κ1) is 10.1. The van der Waals surface area contributed by atoms with E-state index in [0.717, 1.165) is 6.54 Å². The monoisotopic (exact) mass is 296 g/mol. The summed E-state index contributed by atoms with van der Waals surface area (Å²) in [7, 11) is 0. The van der Waals surface area contributed by atoms with Crippen LogP contribution in [-0.4, -0.2) is 52.5 Å². The fourth-order valence-electron chi connectivity index (χ4n) is 2.47. The van der Waals surface area contributed by atoms with Crippen LogP contribution in [0.15, 0.2) is 0 Å². The molecule has 1 spiro atoms. The van der Waals surface area contributed by atoms with Gasteiger partial charge in [-0.05, 0) is 18.3 Å². The summed E-state index contributed by atoms with van der Waals surface area (Å²) in [6.07, 6.45) is 2.69. The van der Waals surface area contributed by atoms with Crippen molar-refractivity contribution in [3.63, 3.8) is 0 Å². The van der Waals surface area contributed by atoms with Gasteiger partial charge in [0, 0.05) is 55.6 Å². The van der Waals surface area contributed by atoms with Gasteiger partial charge in [-0.1, -0.05) is 0 Å². The predicted octanol–water partition coefficient (Wildman–Crippen LogP) is 0.726. The van der Waals surface area contributed by atoms with Crippen LogP contribution < -0.4 is 0 Å². The Morgan fingerprint density at radius 1 is 1.23 bits per heavy atom. The zero-order valence-corrected chi connectivity index (χ0v) is 10.0. The van der Waals surface area contributed by atoms with Crippen molar-refractivity contribution in [2.45, 2.75) is 12.8 Å². The molecule has 2 aliphatic rings. The number of hydrogen-bond acceptors (Lipinski definition) is 3. The van der Waals surface area contributed by atoms with Crippen molar-refractivity contribution in [3.8, 4) is 0 Å². The Bertz CT molecular complexity index is 172. The van der Waals surface area contributed by atoms with Gasteiger partial charge in [-0.2, -0.15) is 0 Å². The number of nitrogens with zero attached hydrogens (tertiary/aromatic N) is 2. The Morgan fingerprint density at radius 3 is 2.38 bits per heavy atom. The highest BCUT2D eigenvalue weighted by molar-refractivity contribution is 14.1. The van der Waals surface area contributed by atoms with Crippen molar-refractivity contribution in [1.29, 1.82) is 0 Å². The minimum Gasteiger partial charge on any atom is -0.395 e. The summed E-state index contributed by atoms with van der Waals surface area (Å²) in [4.78, 5) is 2.36. The molecular formula is C9H17IN2O. The zero-order valence-electron chi connectivity index (χ0n) is 7.88. The minimum absolute atomic E-state index is 0.314. The van der Waals surface area contributed by atoms with Crippen molar-refractivity contribution < 1.29 is 5.11 Å². The average Bonchev–Trinajstić information content (AvgIpc) is 2.07. The number of aliphatic hydroxyl groups excluding tert-OH is 1. The lowest BCUT2D eigenvalue weighted by Gasteiger charge is -2.53. The normalized spacial score (nSPS) is 29.1.